The molecule has 1 aromatic carbocycles. The van der Waals surface area contributed by atoms with Gasteiger partial charge in [-0.2, -0.15) is 5.11 Å². The highest BCUT2D eigenvalue weighted by atomic mass is 16.3. The number of hydrogen-bond acceptors (Lipinski definition) is 3. The fraction of sp³-hybridized carbons (Fsp3) is 0.333. The van der Waals surface area contributed by atoms with Crippen LogP contribution in [0.2, 0.25) is 0 Å². The van der Waals surface area contributed by atoms with Gasteiger partial charge in [0.15, 0.2) is 0 Å². The van der Waals surface area contributed by atoms with Gasteiger partial charge in [0.2, 0.25) is 0 Å². The Morgan fingerprint density at radius 2 is 1.92 bits per heavy atom. The Labute approximate surface area is 77.3 Å². The molecule has 13 heavy (non-hydrogen) atoms. The molecule has 0 aliphatic rings. The summed E-state index contributed by atoms with van der Waals surface area (Å²) in [5.74, 6) is 0. The third-order valence-corrected chi connectivity index (χ3v) is 1.67. The third-order valence-electron chi connectivity index (χ3n) is 1.67. The second kappa shape index (κ2) is 4.57. The average Bonchev–Trinajstić information content (AvgIpc) is 2.15. The van der Waals surface area contributed by atoms with E-state index in [-0.39, 0.29) is 0 Å². The molecule has 0 aliphatic carbocycles. The fourth-order valence-electron chi connectivity index (χ4n) is 0.944. The number of aliphatic hydroxyl groups is 1. The summed E-state index contributed by atoms with van der Waals surface area (Å²) < 4.78 is 0. The lowest BCUT2D eigenvalue weighted by atomic mass is 10.1. The van der Waals surface area contributed by atoms with Gasteiger partial charge in [-0.05, 0) is 24.6 Å². The van der Waals surface area contributed by atoms with Crippen molar-refractivity contribution >= 4 is 5.69 Å². The van der Waals surface area contributed by atoms with Gasteiger partial charge >= 0.3 is 0 Å². The molecule has 0 aromatic heterocycles. The van der Waals surface area contributed by atoms with Crippen LogP contribution in [0.25, 0.3) is 0 Å². The zero-order valence-electron chi connectivity index (χ0n) is 7.73. The van der Waals surface area contributed by atoms with E-state index in [1.807, 2.05) is 24.3 Å². The summed E-state index contributed by atoms with van der Waals surface area (Å²) in [6, 6.07) is 7.38. The summed E-state index contributed by atoms with van der Waals surface area (Å²) >= 11 is 0. The SMILES string of the molecule is CN=NNc1ccc(C(C)O)cc1. The first-order chi connectivity index (χ1) is 6.24. The van der Waals surface area contributed by atoms with E-state index in [1.165, 1.54) is 0 Å². The molecule has 1 aromatic rings. The number of rotatable bonds is 3. The molecule has 0 heterocycles. The topological polar surface area (TPSA) is 57.0 Å². The summed E-state index contributed by atoms with van der Waals surface area (Å²) in [5.41, 5.74) is 4.48. The molecule has 70 valence electrons. The van der Waals surface area contributed by atoms with Crippen molar-refractivity contribution in [3.8, 4) is 0 Å². The van der Waals surface area contributed by atoms with Crippen LogP contribution in [0.1, 0.15) is 18.6 Å². The normalized spacial score (nSPS) is 13.2. The minimum atomic E-state index is -0.429. The molecular weight excluding hydrogens is 166 g/mol. The Bertz CT molecular complexity index is 279. The zero-order valence-corrected chi connectivity index (χ0v) is 7.73. The van der Waals surface area contributed by atoms with Gasteiger partial charge in [-0.15, -0.1) is 0 Å². The molecule has 0 radical (unpaired) electrons. The van der Waals surface area contributed by atoms with Gasteiger partial charge in [0.05, 0.1) is 18.8 Å². The van der Waals surface area contributed by atoms with Gasteiger partial charge in [-0.3, -0.25) is 5.43 Å². The van der Waals surface area contributed by atoms with Gasteiger partial charge in [0.25, 0.3) is 0 Å². The van der Waals surface area contributed by atoms with Crippen LogP contribution in [-0.4, -0.2) is 12.2 Å². The Morgan fingerprint density at radius 1 is 1.31 bits per heavy atom. The highest BCUT2D eigenvalue weighted by Gasteiger charge is 1.98. The highest BCUT2D eigenvalue weighted by Crippen LogP contribution is 2.15. The van der Waals surface area contributed by atoms with E-state index in [0.717, 1.165) is 11.3 Å². The predicted octanol–water partition coefficient (Wildman–Crippen LogP) is 2.15. The molecule has 0 spiro atoms. The Morgan fingerprint density at radius 3 is 2.38 bits per heavy atom. The summed E-state index contributed by atoms with van der Waals surface area (Å²) in [6.45, 7) is 1.73. The summed E-state index contributed by atoms with van der Waals surface area (Å²) in [5, 5.41) is 16.4. The number of benzene rings is 1. The second-order valence-electron chi connectivity index (χ2n) is 2.71. The first-order valence-corrected chi connectivity index (χ1v) is 4.07. The molecule has 1 atom stereocenters. The third kappa shape index (κ3) is 2.83. The van der Waals surface area contributed by atoms with E-state index in [1.54, 1.807) is 14.0 Å². The van der Waals surface area contributed by atoms with Crippen LogP contribution < -0.4 is 5.43 Å². The smallest absolute Gasteiger partial charge is 0.0761 e. The number of aliphatic hydroxyl groups excluding tert-OH is 1. The standard InChI is InChI=1S/C9H13N3O/c1-7(13)8-3-5-9(6-4-8)11-12-10-2/h3-7,13H,1-2H3,(H,10,11). The molecule has 4 heteroatoms. The molecule has 0 aliphatic heterocycles. The first kappa shape index (κ1) is 9.67. The van der Waals surface area contributed by atoms with Crippen molar-refractivity contribution in [3.05, 3.63) is 29.8 Å². The molecule has 0 fully saturated rings. The fourth-order valence-corrected chi connectivity index (χ4v) is 0.944. The van der Waals surface area contributed by atoms with E-state index >= 15 is 0 Å². The van der Waals surface area contributed by atoms with E-state index in [0.29, 0.717) is 0 Å². The van der Waals surface area contributed by atoms with Crippen molar-refractivity contribution in [2.45, 2.75) is 13.0 Å². The number of nitrogens with zero attached hydrogens (tertiary/aromatic N) is 2. The van der Waals surface area contributed by atoms with E-state index in [2.05, 4.69) is 15.8 Å². The number of hydrogen-bond donors (Lipinski definition) is 2. The Kier molecular flexibility index (Phi) is 3.40. The maximum absolute atomic E-state index is 9.23. The Hall–Kier alpha value is -1.42. The van der Waals surface area contributed by atoms with Crippen molar-refractivity contribution in [2.75, 3.05) is 12.5 Å². The van der Waals surface area contributed by atoms with Gasteiger partial charge in [0.1, 0.15) is 0 Å². The quantitative estimate of drug-likeness (QED) is 0.551. The maximum atomic E-state index is 9.23. The molecule has 4 nitrogen and oxygen atoms in total. The molecule has 0 amide bonds. The minimum Gasteiger partial charge on any atom is -0.389 e. The van der Waals surface area contributed by atoms with Crippen molar-refractivity contribution in [2.24, 2.45) is 10.3 Å². The number of nitrogens with one attached hydrogen (secondary N) is 1. The minimum absolute atomic E-state index is 0.429. The summed E-state index contributed by atoms with van der Waals surface area (Å²) in [6.07, 6.45) is -0.429. The largest absolute Gasteiger partial charge is 0.389 e. The van der Waals surface area contributed by atoms with Crippen molar-refractivity contribution < 1.29 is 5.11 Å². The first-order valence-electron chi connectivity index (χ1n) is 4.07. The second-order valence-corrected chi connectivity index (χ2v) is 2.71. The lowest BCUT2D eigenvalue weighted by Gasteiger charge is -2.04. The molecular formula is C9H13N3O. The van der Waals surface area contributed by atoms with Crippen molar-refractivity contribution in [3.63, 3.8) is 0 Å². The predicted molar refractivity (Wildman–Crippen MR) is 51.5 cm³/mol. The molecule has 2 N–H and O–H groups in total. The molecule has 1 rings (SSSR count). The van der Waals surface area contributed by atoms with E-state index in [4.69, 9.17) is 0 Å². The Balaban J connectivity index is 2.69. The average molecular weight is 179 g/mol. The van der Waals surface area contributed by atoms with Crippen LogP contribution in [-0.2, 0) is 0 Å². The highest BCUT2D eigenvalue weighted by molar-refractivity contribution is 5.43. The van der Waals surface area contributed by atoms with Gasteiger partial charge in [-0.25, -0.2) is 0 Å². The van der Waals surface area contributed by atoms with Crippen LogP contribution in [0.15, 0.2) is 34.6 Å². The van der Waals surface area contributed by atoms with Crippen LogP contribution in [0.4, 0.5) is 5.69 Å². The zero-order chi connectivity index (χ0) is 9.68. The van der Waals surface area contributed by atoms with Gasteiger partial charge < -0.3 is 5.11 Å². The van der Waals surface area contributed by atoms with E-state index < -0.39 is 6.10 Å². The molecule has 0 saturated carbocycles. The molecule has 0 saturated heterocycles. The summed E-state index contributed by atoms with van der Waals surface area (Å²) in [4.78, 5) is 0. The van der Waals surface area contributed by atoms with Crippen molar-refractivity contribution in [1.29, 1.82) is 0 Å². The van der Waals surface area contributed by atoms with Crippen LogP contribution >= 0.6 is 0 Å². The van der Waals surface area contributed by atoms with Crippen LogP contribution in [0, 0.1) is 0 Å². The summed E-state index contributed by atoms with van der Waals surface area (Å²) in [7, 11) is 1.59. The maximum Gasteiger partial charge on any atom is 0.0761 e. The van der Waals surface area contributed by atoms with Crippen molar-refractivity contribution in [1.82, 2.24) is 0 Å². The van der Waals surface area contributed by atoms with Crippen LogP contribution in [0.3, 0.4) is 0 Å². The lowest BCUT2D eigenvalue weighted by Crippen LogP contribution is -1.91. The molecule has 1 unspecified atom stereocenters. The lowest BCUT2D eigenvalue weighted by molar-refractivity contribution is 0.199. The molecule has 0 bridgehead atoms. The van der Waals surface area contributed by atoms with Gasteiger partial charge in [0, 0.05) is 0 Å². The van der Waals surface area contributed by atoms with Gasteiger partial charge in [-0.1, -0.05) is 17.4 Å². The number of anilines is 1. The van der Waals surface area contributed by atoms with E-state index in [9.17, 15) is 5.11 Å². The monoisotopic (exact) mass is 179 g/mol. The van der Waals surface area contributed by atoms with Crippen LogP contribution in [0.5, 0.6) is 0 Å².